The summed E-state index contributed by atoms with van der Waals surface area (Å²) in [5, 5.41) is 0. The Hall–Kier alpha value is -4.34. The van der Waals surface area contributed by atoms with Crippen LogP contribution in [0.15, 0.2) is 71.4 Å². The summed E-state index contributed by atoms with van der Waals surface area (Å²) in [6.07, 6.45) is 2.90. The smallest absolute Gasteiger partial charge is 0.325 e. The molecular formula is C43H46BF7N2. The van der Waals surface area contributed by atoms with Gasteiger partial charge >= 0.3 is 7.40 Å². The van der Waals surface area contributed by atoms with Crippen LogP contribution in [-0.2, 0) is 21.7 Å². The average molecular weight is 735 g/mol. The summed E-state index contributed by atoms with van der Waals surface area (Å²) in [5.74, 6) is -11.1. The third-order valence-electron chi connectivity index (χ3n) is 9.65. The maximum atomic E-state index is 15.8. The van der Waals surface area contributed by atoms with Gasteiger partial charge in [-0.25, -0.2) is 26.9 Å². The van der Waals surface area contributed by atoms with Crippen molar-refractivity contribution in [3.05, 3.63) is 135 Å². The van der Waals surface area contributed by atoms with Crippen molar-refractivity contribution in [2.45, 2.75) is 105 Å². The van der Waals surface area contributed by atoms with Gasteiger partial charge in [-0.05, 0) is 98.0 Å². The lowest BCUT2D eigenvalue weighted by atomic mass is 9.79. The first kappa shape index (κ1) is 39.9. The Balaban J connectivity index is 1.88. The maximum Gasteiger partial charge on any atom is 0.678 e. The summed E-state index contributed by atoms with van der Waals surface area (Å²) >= 11 is 0. The first-order valence-corrected chi connectivity index (χ1v) is 17.6. The standard InChI is InChI=1S/C43H46BF7N2/c1-40(2,3)25-17-23(18-26(21-25)41(4,5)6)29-13-14-30(52-29)33(34-35(45)37(47)39(49)38(48)36(34)46)32-16-15-31(53(32)44(50)51)24-19-27(42(7,8)9)22-28(20-24)43(10,11)12/h13-22H,1-12H3/b33-30-. The Morgan fingerprint density at radius 3 is 1.32 bits per heavy atom. The Morgan fingerprint density at radius 1 is 0.528 bits per heavy atom. The number of aromatic nitrogens is 1. The van der Waals surface area contributed by atoms with Crippen molar-refractivity contribution in [1.29, 1.82) is 0 Å². The number of rotatable bonds is 5. The van der Waals surface area contributed by atoms with Crippen LogP contribution in [0.5, 0.6) is 0 Å². The van der Waals surface area contributed by atoms with Crippen molar-refractivity contribution in [2.75, 3.05) is 0 Å². The lowest BCUT2D eigenvalue weighted by molar-refractivity contribution is 0.376. The monoisotopic (exact) mass is 734 g/mol. The molecule has 10 heteroatoms. The SMILES string of the molecule is CC(C)(C)c1cc(C2=N/C(=C(\c3c(F)c(F)c(F)c(F)c3F)c3ccc(-c4cc(C(C)(C)C)cc(C(C)(C)C)c4)n3B(F)F)C=C2)cc(C(C)(C)C)c1. The third kappa shape index (κ3) is 7.69. The summed E-state index contributed by atoms with van der Waals surface area (Å²) in [7, 11) is -3.28. The minimum absolute atomic E-state index is 0.00699. The zero-order chi connectivity index (χ0) is 39.7. The molecule has 0 radical (unpaired) electrons. The van der Waals surface area contributed by atoms with Crippen LogP contribution in [0.2, 0.25) is 0 Å². The van der Waals surface area contributed by atoms with E-state index in [4.69, 9.17) is 0 Å². The molecule has 0 spiro atoms. The normalized spacial score (nSPS) is 15.0. The summed E-state index contributed by atoms with van der Waals surface area (Å²) in [6.45, 7) is 24.3. The van der Waals surface area contributed by atoms with E-state index in [1.54, 1.807) is 18.2 Å². The van der Waals surface area contributed by atoms with E-state index in [0.29, 0.717) is 21.3 Å². The molecule has 0 atom stereocenters. The summed E-state index contributed by atoms with van der Waals surface area (Å²) < 4.78 is 107. The van der Waals surface area contributed by atoms with Crippen molar-refractivity contribution >= 4 is 18.7 Å². The molecule has 1 aliphatic heterocycles. The topological polar surface area (TPSA) is 17.3 Å². The van der Waals surface area contributed by atoms with Crippen LogP contribution < -0.4 is 0 Å². The summed E-state index contributed by atoms with van der Waals surface area (Å²) in [6, 6.07) is 14.1. The van der Waals surface area contributed by atoms with E-state index in [-0.39, 0.29) is 33.1 Å². The predicted octanol–water partition coefficient (Wildman–Crippen LogP) is 12.6. The van der Waals surface area contributed by atoms with E-state index in [1.165, 1.54) is 18.2 Å². The molecule has 0 bridgehead atoms. The molecule has 280 valence electrons. The number of allylic oxidation sites excluding steroid dienone is 2. The van der Waals surface area contributed by atoms with Crippen LogP contribution in [0, 0.1) is 29.1 Å². The number of nitrogens with zero attached hydrogens (tertiary/aromatic N) is 2. The van der Waals surface area contributed by atoms with Gasteiger partial charge in [0.1, 0.15) is 0 Å². The zero-order valence-electron chi connectivity index (χ0n) is 32.4. The third-order valence-corrected chi connectivity index (χ3v) is 9.65. The van der Waals surface area contributed by atoms with Gasteiger partial charge in [-0.1, -0.05) is 95.2 Å². The van der Waals surface area contributed by atoms with E-state index in [1.807, 2.05) is 59.7 Å². The fourth-order valence-electron chi connectivity index (χ4n) is 6.25. The highest BCUT2D eigenvalue weighted by atomic mass is 19.2. The molecule has 2 nitrogen and oxygen atoms in total. The van der Waals surface area contributed by atoms with Crippen LogP contribution in [0.4, 0.5) is 30.6 Å². The molecule has 2 heterocycles. The number of hydrogen-bond donors (Lipinski definition) is 0. The molecule has 0 saturated carbocycles. The van der Waals surface area contributed by atoms with Crippen LogP contribution in [0.1, 0.15) is 122 Å². The molecule has 53 heavy (non-hydrogen) atoms. The molecule has 1 aromatic heterocycles. The van der Waals surface area contributed by atoms with Gasteiger partial charge in [0.2, 0.25) is 5.82 Å². The quantitative estimate of drug-likeness (QED) is 0.0841. The summed E-state index contributed by atoms with van der Waals surface area (Å²) in [4.78, 5) is 4.65. The van der Waals surface area contributed by atoms with Gasteiger partial charge in [-0.2, -0.15) is 0 Å². The fourth-order valence-corrected chi connectivity index (χ4v) is 6.25. The van der Waals surface area contributed by atoms with Crippen molar-refractivity contribution in [1.82, 2.24) is 4.48 Å². The maximum absolute atomic E-state index is 15.8. The molecule has 0 fully saturated rings. The van der Waals surface area contributed by atoms with Gasteiger partial charge < -0.3 is 4.48 Å². The lowest BCUT2D eigenvalue weighted by Gasteiger charge is -2.26. The second-order valence-corrected chi connectivity index (χ2v) is 17.9. The number of benzene rings is 3. The number of hydrogen-bond acceptors (Lipinski definition) is 1. The van der Waals surface area contributed by atoms with Gasteiger partial charge in [0, 0.05) is 22.5 Å². The molecule has 0 amide bonds. The Morgan fingerprint density at radius 2 is 0.925 bits per heavy atom. The molecular weight excluding hydrogens is 688 g/mol. The summed E-state index contributed by atoms with van der Waals surface area (Å²) in [5.41, 5.74) is 1.03. The van der Waals surface area contributed by atoms with E-state index >= 15 is 17.4 Å². The van der Waals surface area contributed by atoms with Crippen LogP contribution >= 0.6 is 0 Å². The first-order chi connectivity index (χ1) is 24.2. The molecule has 5 rings (SSSR count). The average Bonchev–Trinajstić information content (AvgIpc) is 3.71. The van der Waals surface area contributed by atoms with E-state index in [2.05, 4.69) is 52.6 Å². The van der Waals surface area contributed by atoms with Crippen molar-refractivity contribution in [2.24, 2.45) is 4.99 Å². The Bertz CT molecular complexity index is 2100. The molecule has 1 aliphatic rings. The molecule has 0 aliphatic carbocycles. The molecule has 0 N–H and O–H groups in total. The van der Waals surface area contributed by atoms with Crippen LogP contribution in [-0.4, -0.2) is 17.6 Å². The van der Waals surface area contributed by atoms with Crippen molar-refractivity contribution in [3.63, 3.8) is 0 Å². The molecule has 3 aromatic carbocycles. The van der Waals surface area contributed by atoms with Crippen LogP contribution in [0.3, 0.4) is 0 Å². The minimum Gasteiger partial charge on any atom is -0.325 e. The van der Waals surface area contributed by atoms with E-state index in [0.717, 1.165) is 22.3 Å². The fraction of sp³-hybridized carbons (Fsp3) is 0.372. The minimum atomic E-state index is -3.28. The highest BCUT2D eigenvalue weighted by molar-refractivity contribution is 6.42. The van der Waals surface area contributed by atoms with Crippen molar-refractivity contribution in [3.8, 4) is 11.3 Å². The second-order valence-electron chi connectivity index (χ2n) is 17.9. The highest BCUT2D eigenvalue weighted by Gasteiger charge is 2.35. The van der Waals surface area contributed by atoms with E-state index in [9.17, 15) is 13.2 Å². The second kappa shape index (κ2) is 13.5. The number of aliphatic imine (C=N–C) groups is 1. The lowest BCUT2D eigenvalue weighted by Crippen LogP contribution is -2.20. The first-order valence-electron chi connectivity index (χ1n) is 17.6. The largest absolute Gasteiger partial charge is 0.678 e. The van der Waals surface area contributed by atoms with Crippen LogP contribution in [0.25, 0.3) is 16.8 Å². The van der Waals surface area contributed by atoms with Gasteiger partial charge in [0.05, 0.1) is 17.0 Å². The Kier molecular flexibility index (Phi) is 10.2. The number of halogens is 7. The predicted molar refractivity (Wildman–Crippen MR) is 202 cm³/mol. The molecule has 0 unspecified atom stereocenters. The highest BCUT2D eigenvalue weighted by Crippen LogP contribution is 2.41. The van der Waals surface area contributed by atoms with Gasteiger partial charge in [-0.3, -0.25) is 8.63 Å². The zero-order valence-corrected chi connectivity index (χ0v) is 32.4. The van der Waals surface area contributed by atoms with Gasteiger partial charge in [-0.15, -0.1) is 0 Å². The molecule has 4 aromatic rings. The van der Waals surface area contributed by atoms with Crippen molar-refractivity contribution < 1.29 is 30.6 Å². The van der Waals surface area contributed by atoms with Gasteiger partial charge in [0.15, 0.2) is 23.3 Å². The van der Waals surface area contributed by atoms with Gasteiger partial charge in [0.25, 0.3) is 0 Å². The Labute approximate surface area is 308 Å². The molecule has 0 saturated heterocycles. The van der Waals surface area contributed by atoms with E-state index < -0.39 is 53.3 Å².